The van der Waals surface area contributed by atoms with Gasteiger partial charge in [0.05, 0.1) is 6.10 Å². The smallest absolute Gasteiger partial charge is 0.0733 e. The predicted octanol–water partition coefficient (Wildman–Crippen LogP) is 2.58. The average Bonchev–Trinajstić information content (AvgIpc) is 2.55. The maximum atomic E-state index is 5.78. The SMILES string of the molecule is CCCNC(C1CCCO1)C(C)(C)C. The standard InChI is InChI=1S/C12H25NO/c1-5-8-13-11(12(2,3)4)10-7-6-9-14-10/h10-11,13H,5-9H2,1-4H3. The fraction of sp³-hybridized carbons (Fsp3) is 1.00. The molecule has 1 aliphatic heterocycles. The first kappa shape index (κ1) is 12.0. The predicted molar refractivity (Wildman–Crippen MR) is 60.5 cm³/mol. The van der Waals surface area contributed by atoms with Gasteiger partial charge in [-0.05, 0) is 31.2 Å². The van der Waals surface area contributed by atoms with Crippen LogP contribution in [0.5, 0.6) is 0 Å². The van der Waals surface area contributed by atoms with Gasteiger partial charge >= 0.3 is 0 Å². The van der Waals surface area contributed by atoms with E-state index >= 15 is 0 Å². The highest BCUT2D eigenvalue weighted by Crippen LogP contribution is 2.28. The third-order valence-electron chi connectivity index (χ3n) is 2.88. The summed E-state index contributed by atoms with van der Waals surface area (Å²) in [6.07, 6.45) is 4.07. The van der Waals surface area contributed by atoms with Crippen molar-refractivity contribution in [1.29, 1.82) is 0 Å². The molecule has 1 heterocycles. The van der Waals surface area contributed by atoms with Crippen LogP contribution >= 0.6 is 0 Å². The van der Waals surface area contributed by atoms with Crippen molar-refractivity contribution in [2.45, 2.75) is 59.1 Å². The van der Waals surface area contributed by atoms with Gasteiger partial charge < -0.3 is 10.1 Å². The second-order valence-corrected chi connectivity index (χ2v) is 5.35. The molecule has 0 aliphatic carbocycles. The zero-order valence-electron chi connectivity index (χ0n) is 10.1. The molecule has 2 unspecified atom stereocenters. The minimum atomic E-state index is 0.296. The van der Waals surface area contributed by atoms with Crippen LogP contribution in [0.4, 0.5) is 0 Å². The topological polar surface area (TPSA) is 21.3 Å². The van der Waals surface area contributed by atoms with Gasteiger partial charge in [-0.25, -0.2) is 0 Å². The first-order chi connectivity index (χ1) is 6.55. The molecule has 1 saturated heterocycles. The van der Waals surface area contributed by atoms with Crippen molar-refractivity contribution >= 4 is 0 Å². The van der Waals surface area contributed by atoms with Gasteiger partial charge in [-0.1, -0.05) is 27.7 Å². The summed E-state index contributed by atoms with van der Waals surface area (Å²) >= 11 is 0. The summed E-state index contributed by atoms with van der Waals surface area (Å²) < 4.78 is 5.78. The van der Waals surface area contributed by atoms with Crippen LogP contribution in [-0.4, -0.2) is 25.3 Å². The Kier molecular flexibility index (Phi) is 4.39. The van der Waals surface area contributed by atoms with Gasteiger partial charge in [0.15, 0.2) is 0 Å². The summed E-state index contributed by atoms with van der Waals surface area (Å²) in [5.41, 5.74) is 0.296. The molecular formula is C12H25NO. The van der Waals surface area contributed by atoms with Gasteiger partial charge in [0.25, 0.3) is 0 Å². The van der Waals surface area contributed by atoms with Gasteiger partial charge in [-0.15, -0.1) is 0 Å². The summed E-state index contributed by atoms with van der Waals surface area (Å²) in [7, 11) is 0. The van der Waals surface area contributed by atoms with Crippen molar-refractivity contribution in [2.75, 3.05) is 13.2 Å². The zero-order chi connectivity index (χ0) is 10.6. The molecule has 2 atom stereocenters. The van der Waals surface area contributed by atoms with E-state index in [9.17, 15) is 0 Å². The molecule has 1 N–H and O–H groups in total. The summed E-state index contributed by atoms with van der Waals surface area (Å²) in [4.78, 5) is 0. The summed E-state index contributed by atoms with van der Waals surface area (Å²) in [6, 6.07) is 0.505. The molecule has 0 aromatic heterocycles. The highest BCUT2D eigenvalue weighted by Gasteiger charge is 2.34. The highest BCUT2D eigenvalue weighted by atomic mass is 16.5. The lowest BCUT2D eigenvalue weighted by molar-refractivity contribution is 0.0395. The second kappa shape index (κ2) is 5.13. The van der Waals surface area contributed by atoms with E-state index in [4.69, 9.17) is 4.74 Å². The Hall–Kier alpha value is -0.0800. The molecule has 0 aromatic rings. The maximum Gasteiger partial charge on any atom is 0.0733 e. The van der Waals surface area contributed by atoms with Crippen LogP contribution in [0.15, 0.2) is 0 Å². The van der Waals surface area contributed by atoms with E-state index in [0.717, 1.165) is 13.2 Å². The zero-order valence-corrected chi connectivity index (χ0v) is 10.1. The summed E-state index contributed by atoms with van der Waals surface area (Å²) in [6.45, 7) is 11.1. The Morgan fingerprint density at radius 3 is 2.57 bits per heavy atom. The Labute approximate surface area is 88.4 Å². The van der Waals surface area contributed by atoms with Crippen molar-refractivity contribution in [1.82, 2.24) is 5.32 Å². The van der Waals surface area contributed by atoms with E-state index in [0.29, 0.717) is 17.6 Å². The van der Waals surface area contributed by atoms with Crippen LogP contribution < -0.4 is 5.32 Å². The van der Waals surface area contributed by atoms with Crippen LogP contribution in [0.2, 0.25) is 0 Å². The largest absolute Gasteiger partial charge is 0.377 e. The molecule has 84 valence electrons. The van der Waals surface area contributed by atoms with Crippen molar-refractivity contribution in [2.24, 2.45) is 5.41 Å². The van der Waals surface area contributed by atoms with E-state index < -0.39 is 0 Å². The Bertz CT molecular complexity index is 156. The number of rotatable bonds is 4. The van der Waals surface area contributed by atoms with Gasteiger partial charge in [-0.3, -0.25) is 0 Å². The molecule has 2 nitrogen and oxygen atoms in total. The summed E-state index contributed by atoms with van der Waals surface area (Å²) in [5, 5.41) is 3.63. The minimum absolute atomic E-state index is 0.296. The maximum absolute atomic E-state index is 5.78. The Morgan fingerprint density at radius 2 is 2.14 bits per heavy atom. The lowest BCUT2D eigenvalue weighted by Crippen LogP contribution is -2.48. The molecule has 2 heteroatoms. The highest BCUT2D eigenvalue weighted by molar-refractivity contribution is 4.89. The van der Waals surface area contributed by atoms with Crippen molar-refractivity contribution in [3.05, 3.63) is 0 Å². The molecule has 1 aliphatic rings. The quantitative estimate of drug-likeness (QED) is 0.751. The molecular weight excluding hydrogens is 174 g/mol. The van der Waals surface area contributed by atoms with Gasteiger partial charge in [0, 0.05) is 12.6 Å². The van der Waals surface area contributed by atoms with Crippen LogP contribution in [-0.2, 0) is 4.74 Å². The number of nitrogens with one attached hydrogen (secondary N) is 1. The first-order valence-corrected chi connectivity index (χ1v) is 5.90. The molecule has 1 fully saturated rings. The summed E-state index contributed by atoms with van der Waals surface area (Å²) in [5.74, 6) is 0. The number of hydrogen-bond acceptors (Lipinski definition) is 2. The van der Waals surface area contributed by atoms with E-state index in [2.05, 4.69) is 33.0 Å². The van der Waals surface area contributed by atoms with E-state index in [1.807, 2.05) is 0 Å². The van der Waals surface area contributed by atoms with Crippen LogP contribution in [0, 0.1) is 5.41 Å². The fourth-order valence-corrected chi connectivity index (χ4v) is 2.16. The molecule has 0 saturated carbocycles. The van der Waals surface area contributed by atoms with Crippen molar-refractivity contribution < 1.29 is 4.74 Å². The molecule has 0 spiro atoms. The lowest BCUT2D eigenvalue weighted by Gasteiger charge is -2.35. The second-order valence-electron chi connectivity index (χ2n) is 5.35. The third kappa shape index (κ3) is 3.25. The molecule has 0 aromatic carbocycles. The molecule has 0 radical (unpaired) electrons. The average molecular weight is 199 g/mol. The minimum Gasteiger partial charge on any atom is -0.377 e. The normalized spacial score (nSPS) is 25.3. The molecule has 14 heavy (non-hydrogen) atoms. The molecule has 1 rings (SSSR count). The van der Waals surface area contributed by atoms with Gasteiger partial charge in [0.2, 0.25) is 0 Å². The van der Waals surface area contributed by atoms with Crippen molar-refractivity contribution in [3.8, 4) is 0 Å². The van der Waals surface area contributed by atoms with Crippen molar-refractivity contribution in [3.63, 3.8) is 0 Å². The van der Waals surface area contributed by atoms with Gasteiger partial charge in [0.1, 0.15) is 0 Å². The van der Waals surface area contributed by atoms with Gasteiger partial charge in [-0.2, -0.15) is 0 Å². The fourth-order valence-electron chi connectivity index (χ4n) is 2.16. The van der Waals surface area contributed by atoms with Crippen LogP contribution in [0.25, 0.3) is 0 Å². The van der Waals surface area contributed by atoms with E-state index in [1.54, 1.807) is 0 Å². The first-order valence-electron chi connectivity index (χ1n) is 5.90. The molecule has 0 amide bonds. The Balaban J connectivity index is 2.51. The number of ether oxygens (including phenoxy) is 1. The number of hydrogen-bond donors (Lipinski definition) is 1. The molecule has 0 bridgehead atoms. The van der Waals surface area contributed by atoms with Crippen LogP contribution in [0.1, 0.15) is 47.0 Å². The monoisotopic (exact) mass is 199 g/mol. The van der Waals surface area contributed by atoms with Crippen LogP contribution in [0.3, 0.4) is 0 Å². The van der Waals surface area contributed by atoms with E-state index in [1.165, 1.54) is 19.3 Å². The lowest BCUT2D eigenvalue weighted by atomic mass is 9.82. The van der Waals surface area contributed by atoms with E-state index in [-0.39, 0.29) is 0 Å². The Morgan fingerprint density at radius 1 is 1.43 bits per heavy atom. The third-order valence-corrected chi connectivity index (χ3v) is 2.88.